The minimum absolute atomic E-state index is 1.81. The van der Waals surface area contributed by atoms with Crippen molar-refractivity contribution in [1.29, 1.82) is 0 Å². The van der Waals surface area contributed by atoms with Crippen molar-refractivity contribution in [2.45, 2.75) is 30.7 Å². The van der Waals surface area contributed by atoms with Crippen molar-refractivity contribution < 1.29 is 53.7 Å². The predicted molar refractivity (Wildman–Crippen MR) is 29.1 cm³/mol. The van der Waals surface area contributed by atoms with Gasteiger partial charge in [0.05, 0.1) is 0 Å². The molecule has 0 aliphatic carbocycles. The zero-order chi connectivity index (χ0) is 14.3. The van der Waals surface area contributed by atoms with E-state index in [9.17, 15) is 43.9 Å². The van der Waals surface area contributed by atoms with Gasteiger partial charge in [0, 0.05) is 0 Å². The predicted octanol–water partition coefficient (Wildman–Crippen LogP) is 2.67. The number of rotatable bonds is 4. The molecule has 0 aliphatic rings. The van der Waals surface area contributed by atoms with Crippen LogP contribution >= 0.6 is 0 Å². The molecule has 0 aliphatic heterocycles. The molecule has 0 radical (unpaired) electrons. The third kappa shape index (κ3) is 3.12. The van der Waals surface area contributed by atoms with Crippen molar-refractivity contribution >= 4 is 0 Å². The zero-order valence-electron chi connectivity index (χ0n) is 7.21. The molecule has 12 heteroatoms. The first-order valence-corrected chi connectivity index (χ1v) is 3.37. The van der Waals surface area contributed by atoms with Gasteiger partial charge in [-0.15, -0.1) is 0 Å². The summed E-state index contributed by atoms with van der Waals surface area (Å²) < 4.78 is 119. The van der Waals surface area contributed by atoms with Crippen LogP contribution in [-0.4, -0.2) is 35.8 Å². The summed E-state index contributed by atoms with van der Waals surface area (Å²) in [6, 6.07) is -5.65. The Bertz CT molecular complexity index is 268. The number of hydrogen-bond acceptors (Lipinski definition) is 2. The van der Waals surface area contributed by atoms with E-state index in [0.29, 0.717) is 0 Å². The molecule has 0 heterocycles. The van der Waals surface area contributed by atoms with Gasteiger partial charge in [-0.3, -0.25) is 0 Å². The van der Waals surface area contributed by atoms with E-state index < -0.39 is 30.7 Å². The van der Waals surface area contributed by atoms with Crippen molar-refractivity contribution in [3.63, 3.8) is 0 Å². The Labute approximate surface area is 85.8 Å². The van der Waals surface area contributed by atoms with E-state index in [0.717, 1.165) is 0 Å². The maximum absolute atomic E-state index is 12.1. The van der Waals surface area contributed by atoms with Crippen LogP contribution < -0.4 is 0 Å². The Kier molecular flexibility index (Phi) is 3.96. The zero-order valence-corrected chi connectivity index (χ0v) is 7.21. The molecule has 0 rings (SSSR count). The van der Waals surface area contributed by atoms with E-state index in [-0.39, 0.29) is 0 Å². The van der Waals surface area contributed by atoms with Gasteiger partial charge in [0.2, 0.25) is 0 Å². The van der Waals surface area contributed by atoms with Gasteiger partial charge in [-0.2, -0.15) is 35.1 Å². The van der Waals surface area contributed by atoms with Crippen molar-refractivity contribution in [1.82, 2.24) is 0 Å². The Hall–Kier alpha value is -0.780. The number of ether oxygens (including phenoxy) is 1. The molecule has 17 heavy (non-hydrogen) atoms. The summed E-state index contributed by atoms with van der Waals surface area (Å²) in [7, 11) is 0. The van der Waals surface area contributed by atoms with Crippen LogP contribution in [0.3, 0.4) is 0 Å². The minimum Gasteiger partial charge on any atom is -0.335 e. The third-order valence-electron chi connectivity index (χ3n) is 1.26. The second-order valence-electron chi connectivity index (χ2n) is 2.60. The van der Waals surface area contributed by atoms with Crippen LogP contribution in [0.15, 0.2) is 0 Å². The highest BCUT2D eigenvalue weighted by Crippen LogP contribution is 2.48. The first-order valence-electron chi connectivity index (χ1n) is 3.37. The molecule has 1 atom stereocenters. The smallest absolute Gasteiger partial charge is 0.335 e. The molecule has 1 unspecified atom stereocenters. The first-order chi connectivity index (χ1) is 7.15. The normalized spacial score (nSPS) is 18.4. The summed E-state index contributed by atoms with van der Waals surface area (Å²) in [5.74, 6) is -6.96. The van der Waals surface area contributed by atoms with Crippen LogP contribution in [0, 0.1) is 0 Å². The second-order valence-corrected chi connectivity index (χ2v) is 2.60. The standard InChI is InChI=1S/C5H2F10O2/c6-1(7)2(8,16)17-5(14,15)3(9,10)4(11,12)13/h1,16H. The van der Waals surface area contributed by atoms with Gasteiger partial charge in [-0.1, -0.05) is 0 Å². The fourth-order valence-electron chi connectivity index (χ4n) is 0.453. The summed E-state index contributed by atoms with van der Waals surface area (Å²) in [6.45, 7) is 0. The molecule has 0 aromatic heterocycles. The fourth-order valence-corrected chi connectivity index (χ4v) is 0.453. The quantitative estimate of drug-likeness (QED) is 0.635. The van der Waals surface area contributed by atoms with Crippen LogP contribution in [0.1, 0.15) is 0 Å². The average molecular weight is 284 g/mol. The van der Waals surface area contributed by atoms with Crippen LogP contribution in [0.2, 0.25) is 0 Å². The highest BCUT2D eigenvalue weighted by atomic mass is 19.4. The molecule has 1 N–H and O–H groups in total. The lowest BCUT2D eigenvalue weighted by molar-refractivity contribution is -0.497. The van der Waals surface area contributed by atoms with Crippen LogP contribution in [-0.2, 0) is 4.74 Å². The summed E-state index contributed by atoms with van der Waals surface area (Å²) in [6.07, 6.45) is -18.4. The molecule has 0 saturated heterocycles. The number of hydrogen-bond donors (Lipinski definition) is 1. The molecule has 0 bridgehead atoms. The summed E-state index contributed by atoms with van der Waals surface area (Å²) in [5, 5.41) is 7.74. The van der Waals surface area contributed by atoms with E-state index in [4.69, 9.17) is 5.11 Å². The molecule has 0 saturated carbocycles. The molecule has 0 aromatic carbocycles. The SMILES string of the molecule is OC(F)(OC(F)(F)C(F)(F)C(F)(F)F)C(F)F. The second kappa shape index (κ2) is 4.15. The molecular weight excluding hydrogens is 282 g/mol. The summed E-state index contributed by atoms with van der Waals surface area (Å²) in [5.41, 5.74) is 0. The van der Waals surface area contributed by atoms with Gasteiger partial charge in [0.15, 0.2) is 0 Å². The van der Waals surface area contributed by atoms with E-state index >= 15 is 0 Å². The molecule has 0 aromatic rings. The Morgan fingerprint density at radius 1 is 0.824 bits per heavy atom. The molecular formula is C5H2F10O2. The van der Waals surface area contributed by atoms with Gasteiger partial charge < -0.3 is 5.11 Å². The van der Waals surface area contributed by atoms with Gasteiger partial charge in [-0.25, -0.2) is 13.5 Å². The lowest BCUT2D eigenvalue weighted by Crippen LogP contribution is -2.57. The van der Waals surface area contributed by atoms with Gasteiger partial charge in [-0.05, 0) is 0 Å². The third-order valence-corrected chi connectivity index (χ3v) is 1.26. The molecule has 0 fully saturated rings. The average Bonchev–Trinajstić information content (AvgIpc) is 1.98. The molecule has 0 amide bonds. The van der Waals surface area contributed by atoms with E-state index in [1.807, 2.05) is 4.74 Å². The highest BCUT2D eigenvalue weighted by Gasteiger charge is 2.76. The lowest BCUT2D eigenvalue weighted by atomic mass is 10.3. The highest BCUT2D eigenvalue weighted by molar-refractivity contribution is 4.85. The Morgan fingerprint density at radius 2 is 1.18 bits per heavy atom. The maximum atomic E-state index is 12.1. The van der Waals surface area contributed by atoms with Crippen molar-refractivity contribution in [2.24, 2.45) is 0 Å². The van der Waals surface area contributed by atoms with Crippen molar-refractivity contribution in [2.75, 3.05) is 0 Å². The molecule has 2 nitrogen and oxygen atoms in total. The monoisotopic (exact) mass is 284 g/mol. The molecule has 0 spiro atoms. The first kappa shape index (κ1) is 16.2. The largest absolute Gasteiger partial charge is 0.462 e. The van der Waals surface area contributed by atoms with E-state index in [1.165, 1.54) is 0 Å². The number of alkyl halides is 10. The lowest BCUT2D eigenvalue weighted by Gasteiger charge is -2.30. The Balaban J connectivity index is 5.17. The van der Waals surface area contributed by atoms with Crippen LogP contribution in [0.5, 0.6) is 0 Å². The minimum atomic E-state index is -6.96. The van der Waals surface area contributed by atoms with Gasteiger partial charge >= 0.3 is 30.7 Å². The molecule has 104 valence electrons. The van der Waals surface area contributed by atoms with Crippen LogP contribution in [0.25, 0.3) is 0 Å². The van der Waals surface area contributed by atoms with Gasteiger partial charge in [0.25, 0.3) is 0 Å². The summed E-state index contributed by atoms with van der Waals surface area (Å²) in [4.78, 5) is 0. The number of halogens is 10. The number of aliphatic hydroxyl groups is 1. The topological polar surface area (TPSA) is 29.5 Å². The fraction of sp³-hybridized carbons (Fsp3) is 1.00. The summed E-state index contributed by atoms with van der Waals surface area (Å²) >= 11 is 0. The van der Waals surface area contributed by atoms with Crippen LogP contribution in [0.4, 0.5) is 43.9 Å². The van der Waals surface area contributed by atoms with Gasteiger partial charge in [0.1, 0.15) is 0 Å². The van der Waals surface area contributed by atoms with E-state index in [2.05, 4.69) is 0 Å². The van der Waals surface area contributed by atoms with E-state index in [1.54, 1.807) is 0 Å². The van der Waals surface area contributed by atoms with Crippen molar-refractivity contribution in [3.8, 4) is 0 Å². The Morgan fingerprint density at radius 3 is 1.41 bits per heavy atom. The maximum Gasteiger partial charge on any atom is 0.462 e. The van der Waals surface area contributed by atoms with Crippen molar-refractivity contribution in [3.05, 3.63) is 0 Å².